The van der Waals surface area contributed by atoms with Crippen LogP contribution < -0.4 is 14.7 Å². The van der Waals surface area contributed by atoms with Gasteiger partial charge in [0.05, 0.1) is 36.5 Å². The van der Waals surface area contributed by atoms with Crippen LogP contribution in [-0.2, 0) is 17.8 Å². The van der Waals surface area contributed by atoms with Crippen molar-refractivity contribution in [1.82, 2.24) is 14.8 Å². The third-order valence-electron chi connectivity index (χ3n) is 9.33. The molecule has 0 spiro atoms. The van der Waals surface area contributed by atoms with Crippen molar-refractivity contribution in [2.24, 2.45) is 0 Å². The Morgan fingerprint density at radius 3 is 2.53 bits per heavy atom. The van der Waals surface area contributed by atoms with Gasteiger partial charge in [0.2, 0.25) is 5.91 Å². The average Bonchev–Trinajstić information content (AvgIpc) is 2.98. The first-order valence-electron chi connectivity index (χ1n) is 15.0. The van der Waals surface area contributed by atoms with E-state index in [1.807, 2.05) is 0 Å². The number of fused-ring (bicyclic) bond motifs is 2. The summed E-state index contributed by atoms with van der Waals surface area (Å²) < 4.78 is 0. The minimum Gasteiger partial charge on any atom is -0.366 e. The predicted octanol–water partition coefficient (Wildman–Crippen LogP) is 3.84. The summed E-state index contributed by atoms with van der Waals surface area (Å²) in [6, 6.07) is 17.9. The van der Waals surface area contributed by atoms with E-state index in [2.05, 4.69) is 95.7 Å². The third-order valence-corrected chi connectivity index (χ3v) is 9.33. The van der Waals surface area contributed by atoms with Crippen molar-refractivity contribution in [3.8, 4) is 12.1 Å². The van der Waals surface area contributed by atoms with Crippen LogP contribution in [0.15, 0.2) is 49.1 Å². The molecule has 9 heteroatoms. The molecule has 0 radical (unpaired) electrons. The van der Waals surface area contributed by atoms with Crippen molar-refractivity contribution in [1.29, 1.82) is 10.5 Å². The van der Waals surface area contributed by atoms with Crippen LogP contribution in [0.5, 0.6) is 0 Å². The Labute approximate surface area is 253 Å². The summed E-state index contributed by atoms with van der Waals surface area (Å²) >= 11 is 0. The molecule has 2 saturated heterocycles. The molecule has 0 saturated carbocycles. The number of piperazine rings is 1. The monoisotopic (exact) mass is 574 g/mol. The molecule has 9 nitrogen and oxygen atoms in total. The van der Waals surface area contributed by atoms with Crippen LogP contribution in [0.25, 0.3) is 10.8 Å². The molecule has 220 valence electrons. The van der Waals surface area contributed by atoms with Gasteiger partial charge in [-0.2, -0.15) is 10.5 Å². The van der Waals surface area contributed by atoms with Crippen molar-refractivity contribution in [2.45, 2.75) is 38.4 Å². The number of nitriles is 2. The number of carbonyl (C=O) groups is 1. The highest BCUT2D eigenvalue weighted by molar-refractivity contribution is 5.97. The van der Waals surface area contributed by atoms with E-state index in [1.54, 1.807) is 4.90 Å². The first kappa shape index (κ1) is 28.5. The Hall–Kier alpha value is -4.60. The molecule has 43 heavy (non-hydrogen) atoms. The second-order valence-corrected chi connectivity index (χ2v) is 12.0. The summed E-state index contributed by atoms with van der Waals surface area (Å²) in [6.07, 6.45) is 2.30. The molecular formula is C34H38N8O. The van der Waals surface area contributed by atoms with Crippen LogP contribution in [0.4, 0.5) is 17.2 Å². The summed E-state index contributed by atoms with van der Waals surface area (Å²) in [4.78, 5) is 28.7. The maximum Gasteiger partial charge on any atom is 0.246 e. The molecule has 1 unspecified atom stereocenters. The summed E-state index contributed by atoms with van der Waals surface area (Å²) in [5.74, 6) is 0.584. The number of rotatable bonds is 6. The Kier molecular flexibility index (Phi) is 7.68. The van der Waals surface area contributed by atoms with E-state index >= 15 is 0 Å². The molecule has 2 aromatic carbocycles. The molecule has 3 aliphatic rings. The number of benzene rings is 2. The number of aromatic nitrogens is 1. The molecule has 3 aromatic rings. The van der Waals surface area contributed by atoms with Gasteiger partial charge in [0.1, 0.15) is 17.5 Å². The van der Waals surface area contributed by atoms with Crippen molar-refractivity contribution >= 4 is 33.9 Å². The van der Waals surface area contributed by atoms with Gasteiger partial charge in [-0.05, 0) is 50.5 Å². The topological polar surface area (TPSA) is 93.7 Å². The van der Waals surface area contributed by atoms with Crippen LogP contribution in [0.1, 0.15) is 28.8 Å². The van der Waals surface area contributed by atoms with E-state index in [0.717, 1.165) is 48.8 Å². The van der Waals surface area contributed by atoms with Crippen LogP contribution in [0.2, 0.25) is 0 Å². The number of carbonyl (C=O) groups excluding carboxylic acids is 1. The molecule has 0 bridgehead atoms. The highest BCUT2D eigenvalue weighted by Crippen LogP contribution is 2.41. The number of likely N-dealkylation sites (N-methyl/N-ethyl adjacent to an activating group) is 1. The lowest BCUT2D eigenvalue weighted by atomic mass is 9.94. The molecule has 1 aromatic heterocycles. The van der Waals surface area contributed by atoms with E-state index in [0.29, 0.717) is 37.8 Å². The maximum absolute atomic E-state index is 12.6. The summed E-state index contributed by atoms with van der Waals surface area (Å²) in [5.41, 5.74) is 6.09. The van der Waals surface area contributed by atoms with Gasteiger partial charge in [0.15, 0.2) is 0 Å². The lowest BCUT2D eigenvalue weighted by Crippen LogP contribution is -2.58. The lowest BCUT2D eigenvalue weighted by molar-refractivity contribution is -0.128. The molecule has 0 aliphatic carbocycles. The fraction of sp³-hybridized carbons (Fsp3) is 0.412. The smallest absolute Gasteiger partial charge is 0.246 e. The van der Waals surface area contributed by atoms with E-state index in [4.69, 9.17) is 4.98 Å². The van der Waals surface area contributed by atoms with Gasteiger partial charge in [0, 0.05) is 61.9 Å². The number of aryl methyl sites for hydroxylation is 1. The van der Waals surface area contributed by atoms with Gasteiger partial charge in [-0.3, -0.25) is 4.79 Å². The largest absolute Gasteiger partial charge is 0.366 e. The SMILES string of the molecule is C=CC(=O)N1CCN(c2c(C#N)c(N3CC(N(C)C)C3)nc3c2CCN(c2cccc4cccc(C)c24)C3)CC1CC#N. The fourth-order valence-corrected chi connectivity index (χ4v) is 6.90. The zero-order valence-corrected chi connectivity index (χ0v) is 25.3. The highest BCUT2D eigenvalue weighted by Gasteiger charge is 2.38. The zero-order valence-electron chi connectivity index (χ0n) is 25.3. The molecule has 4 heterocycles. The van der Waals surface area contributed by atoms with Crippen LogP contribution in [0.3, 0.4) is 0 Å². The zero-order chi connectivity index (χ0) is 30.2. The van der Waals surface area contributed by atoms with E-state index in [1.165, 1.54) is 28.1 Å². The summed E-state index contributed by atoms with van der Waals surface area (Å²) in [7, 11) is 4.17. The second kappa shape index (κ2) is 11.6. The Morgan fingerprint density at radius 1 is 1.07 bits per heavy atom. The van der Waals surface area contributed by atoms with Crippen LogP contribution in [0, 0.1) is 29.6 Å². The van der Waals surface area contributed by atoms with Crippen molar-refractivity contribution in [2.75, 3.05) is 68.1 Å². The van der Waals surface area contributed by atoms with Gasteiger partial charge in [-0.25, -0.2) is 4.98 Å². The Bertz CT molecular complexity index is 1660. The third kappa shape index (κ3) is 5.04. The number of hydrogen-bond donors (Lipinski definition) is 0. The molecule has 3 aliphatic heterocycles. The van der Waals surface area contributed by atoms with Gasteiger partial charge in [-0.15, -0.1) is 0 Å². The van der Waals surface area contributed by atoms with Crippen molar-refractivity contribution in [3.63, 3.8) is 0 Å². The van der Waals surface area contributed by atoms with Crippen molar-refractivity contribution in [3.05, 3.63) is 71.4 Å². The van der Waals surface area contributed by atoms with Gasteiger partial charge in [0.25, 0.3) is 0 Å². The molecule has 1 amide bonds. The van der Waals surface area contributed by atoms with E-state index in [9.17, 15) is 15.3 Å². The van der Waals surface area contributed by atoms with E-state index < -0.39 is 0 Å². The van der Waals surface area contributed by atoms with Crippen LogP contribution in [-0.4, -0.2) is 86.1 Å². The number of anilines is 3. The Morgan fingerprint density at radius 2 is 1.84 bits per heavy atom. The number of amides is 1. The van der Waals surface area contributed by atoms with E-state index in [-0.39, 0.29) is 18.4 Å². The second-order valence-electron chi connectivity index (χ2n) is 12.0. The first-order valence-corrected chi connectivity index (χ1v) is 15.0. The fourth-order valence-electron chi connectivity index (χ4n) is 6.90. The normalized spacial score (nSPS) is 18.7. The number of nitrogens with zero attached hydrogens (tertiary/aromatic N) is 8. The number of hydrogen-bond acceptors (Lipinski definition) is 8. The lowest BCUT2D eigenvalue weighted by Gasteiger charge is -2.46. The predicted molar refractivity (Wildman–Crippen MR) is 170 cm³/mol. The Balaban J connectivity index is 1.43. The highest BCUT2D eigenvalue weighted by atomic mass is 16.2. The molecule has 6 rings (SSSR count). The minimum atomic E-state index is -0.274. The standard InChI is InChI=1S/C34H38N8O/c1-5-31(43)42-17-16-40(19-25(42)12-14-35)33-27-13-15-39(30-11-7-10-24-9-6-8-23(2)32(24)30)22-29(27)37-34(28(33)18-36)41-20-26(21-41)38(3)4/h5-11,25-26H,1,12-13,15-17,19-22H2,2-4H3. The average molecular weight is 575 g/mol. The van der Waals surface area contributed by atoms with Gasteiger partial charge in [-0.1, -0.05) is 36.9 Å². The van der Waals surface area contributed by atoms with Crippen LogP contribution >= 0.6 is 0 Å². The summed E-state index contributed by atoms with van der Waals surface area (Å²) in [5, 5.41) is 22.7. The minimum absolute atomic E-state index is 0.158. The van der Waals surface area contributed by atoms with Crippen molar-refractivity contribution < 1.29 is 4.79 Å². The van der Waals surface area contributed by atoms with Gasteiger partial charge >= 0.3 is 0 Å². The molecule has 1 atom stereocenters. The quantitative estimate of drug-likeness (QED) is 0.410. The molecule has 0 N–H and O–H groups in total. The van der Waals surface area contributed by atoms with Gasteiger partial charge < -0.3 is 24.5 Å². The first-order chi connectivity index (χ1) is 20.8. The molecular weight excluding hydrogens is 536 g/mol. The number of pyridine rings is 1. The summed E-state index contributed by atoms with van der Waals surface area (Å²) in [6.45, 7) is 10.5. The maximum atomic E-state index is 12.6. The molecule has 2 fully saturated rings.